The molecule has 0 unspecified atom stereocenters. The highest BCUT2D eigenvalue weighted by Crippen LogP contribution is 2.21. The van der Waals surface area contributed by atoms with Gasteiger partial charge < -0.3 is 14.2 Å². The van der Waals surface area contributed by atoms with Crippen molar-refractivity contribution in [3.8, 4) is 5.75 Å². The Labute approximate surface area is 138 Å². The Morgan fingerprint density at radius 1 is 1.29 bits per heavy atom. The molecular formula is C18H16FNO4. The summed E-state index contributed by atoms with van der Waals surface area (Å²) < 4.78 is 29.2. The molecule has 1 aliphatic heterocycles. The van der Waals surface area contributed by atoms with Gasteiger partial charge in [-0.2, -0.15) is 0 Å². The number of carbonyl (C=O) groups excluding carboxylic acids is 1. The van der Waals surface area contributed by atoms with Gasteiger partial charge in [-0.25, -0.2) is 14.2 Å². The van der Waals surface area contributed by atoms with E-state index < -0.39 is 17.8 Å². The second kappa shape index (κ2) is 7.12. The van der Waals surface area contributed by atoms with Gasteiger partial charge >= 0.3 is 5.97 Å². The molecule has 0 radical (unpaired) electrons. The number of hydrogen-bond acceptors (Lipinski definition) is 5. The highest BCUT2D eigenvalue weighted by atomic mass is 19.1. The number of nitrogens with zero attached hydrogens (tertiary/aromatic N) is 1. The van der Waals surface area contributed by atoms with E-state index in [0.29, 0.717) is 5.56 Å². The number of hydrogen-bond donors (Lipinski definition) is 0. The number of benzene rings is 2. The van der Waals surface area contributed by atoms with E-state index in [4.69, 9.17) is 14.2 Å². The second-order valence-corrected chi connectivity index (χ2v) is 5.20. The first kappa shape index (κ1) is 16.0. The van der Waals surface area contributed by atoms with Gasteiger partial charge in [-0.1, -0.05) is 30.3 Å². The predicted octanol–water partition coefficient (Wildman–Crippen LogP) is 2.72. The van der Waals surface area contributed by atoms with E-state index in [1.54, 1.807) is 6.07 Å². The molecule has 124 valence electrons. The third-order valence-electron chi connectivity index (χ3n) is 3.55. The van der Waals surface area contributed by atoms with Gasteiger partial charge in [-0.15, -0.1) is 0 Å². The molecule has 2 aromatic carbocycles. The van der Waals surface area contributed by atoms with Crippen molar-refractivity contribution in [2.24, 2.45) is 4.99 Å². The van der Waals surface area contributed by atoms with Crippen LogP contribution in [0.3, 0.4) is 0 Å². The van der Waals surface area contributed by atoms with Crippen molar-refractivity contribution >= 4 is 11.9 Å². The predicted molar refractivity (Wildman–Crippen MR) is 85.5 cm³/mol. The van der Waals surface area contributed by atoms with Gasteiger partial charge in [0.25, 0.3) is 0 Å². The number of halogens is 1. The number of aliphatic imine (C=N–C) groups is 1. The van der Waals surface area contributed by atoms with Crippen LogP contribution in [0.4, 0.5) is 4.39 Å². The molecule has 0 fully saturated rings. The molecule has 0 aliphatic carbocycles. The summed E-state index contributed by atoms with van der Waals surface area (Å²) in [4.78, 5) is 16.2. The minimum absolute atomic E-state index is 0.0800. The summed E-state index contributed by atoms with van der Waals surface area (Å²) >= 11 is 0. The zero-order chi connectivity index (χ0) is 16.9. The quantitative estimate of drug-likeness (QED) is 0.792. The van der Waals surface area contributed by atoms with Crippen LogP contribution in [0.25, 0.3) is 0 Å². The topological polar surface area (TPSA) is 57.1 Å². The lowest BCUT2D eigenvalue weighted by molar-refractivity contribution is -0.146. The molecule has 1 heterocycles. The maximum Gasteiger partial charge on any atom is 0.334 e. The monoisotopic (exact) mass is 329 g/mol. The zero-order valence-corrected chi connectivity index (χ0v) is 13.1. The van der Waals surface area contributed by atoms with Crippen LogP contribution in [0.15, 0.2) is 53.5 Å². The second-order valence-electron chi connectivity index (χ2n) is 5.20. The van der Waals surface area contributed by atoms with Crippen molar-refractivity contribution in [3.63, 3.8) is 0 Å². The van der Waals surface area contributed by atoms with Crippen LogP contribution in [0.2, 0.25) is 0 Å². The molecule has 0 amide bonds. The van der Waals surface area contributed by atoms with Crippen molar-refractivity contribution in [1.82, 2.24) is 0 Å². The van der Waals surface area contributed by atoms with Crippen molar-refractivity contribution < 1.29 is 23.4 Å². The van der Waals surface area contributed by atoms with Crippen LogP contribution in [0.1, 0.15) is 11.1 Å². The first-order chi connectivity index (χ1) is 11.7. The fourth-order valence-corrected chi connectivity index (χ4v) is 2.28. The molecule has 0 saturated carbocycles. The Morgan fingerprint density at radius 2 is 2.08 bits per heavy atom. The number of methoxy groups -OCH3 is 1. The van der Waals surface area contributed by atoms with Crippen LogP contribution in [0.5, 0.6) is 5.75 Å². The molecule has 0 spiro atoms. The summed E-state index contributed by atoms with van der Waals surface area (Å²) in [5.41, 5.74) is 1.35. The SMILES string of the molecule is COc1ccc(C2=N[C@H](C(=O)OCc3ccccc3)CO2)cc1F. The average Bonchev–Trinajstić information content (AvgIpc) is 3.10. The van der Waals surface area contributed by atoms with Crippen molar-refractivity contribution in [1.29, 1.82) is 0 Å². The first-order valence-electron chi connectivity index (χ1n) is 7.42. The van der Waals surface area contributed by atoms with E-state index >= 15 is 0 Å². The molecule has 1 aliphatic rings. The summed E-state index contributed by atoms with van der Waals surface area (Å²) in [5, 5.41) is 0. The van der Waals surface area contributed by atoms with E-state index in [2.05, 4.69) is 4.99 Å². The Balaban J connectivity index is 1.64. The minimum Gasteiger partial charge on any atom is -0.494 e. The smallest absolute Gasteiger partial charge is 0.334 e. The fourth-order valence-electron chi connectivity index (χ4n) is 2.28. The molecule has 24 heavy (non-hydrogen) atoms. The van der Waals surface area contributed by atoms with Gasteiger partial charge in [-0.3, -0.25) is 0 Å². The average molecular weight is 329 g/mol. The molecule has 1 atom stereocenters. The van der Waals surface area contributed by atoms with E-state index in [9.17, 15) is 9.18 Å². The number of rotatable bonds is 5. The van der Waals surface area contributed by atoms with E-state index in [0.717, 1.165) is 5.56 Å². The van der Waals surface area contributed by atoms with Crippen molar-refractivity contribution in [2.75, 3.05) is 13.7 Å². The Hall–Kier alpha value is -2.89. The molecule has 0 N–H and O–H groups in total. The molecule has 0 bridgehead atoms. The highest BCUT2D eigenvalue weighted by Gasteiger charge is 2.28. The Bertz CT molecular complexity index is 761. The summed E-state index contributed by atoms with van der Waals surface area (Å²) in [6, 6.07) is 13.0. The van der Waals surface area contributed by atoms with Gasteiger partial charge in [0.1, 0.15) is 13.2 Å². The summed E-state index contributed by atoms with van der Waals surface area (Å²) in [5.74, 6) is -0.631. The third kappa shape index (κ3) is 3.53. The Morgan fingerprint density at radius 3 is 2.79 bits per heavy atom. The van der Waals surface area contributed by atoms with Gasteiger partial charge in [0, 0.05) is 5.56 Å². The first-order valence-corrected chi connectivity index (χ1v) is 7.42. The Kier molecular flexibility index (Phi) is 4.74. The molecule has 2 aromatic rings. The van der Waals surface area contributed by atoms with Gasteiger partial charge in [0.15, 0.2) is 17.6 Å². The molecular weight excluding hydrogens is 313 g/mol. The normalized spacial score (nSPS) is 16.2. The number of esters is 1. The molecule has 0 aromatic heterocycles. The number of ether oxygens (including phenoxy) is 3. The lowest BCUT2D eigenvalue weighted by atomic mass is 10.2. The third-order valence-corrected chi connectivity index (χ3v) is 3.55. The van der Waals surface area contributed by atoms with Crippen LogP contribution >= 0.6 is 0 Å². The molecule has 5 nitrogen and oxygen atoms in total. The molecule has 6 heteroatoms. The van der Waals surface area contributed by atoms with Gasteiger partial charge in [-0.05, 0) is 23.8 Å². The summed E-state index contributed by atoms with van der Waals surface area (Å²) in [7, 11) is 1.39. The number of carbonyl (C=O) groups is 1. The summed E-state index contributed by atoms with van der Waals surface area (Å²) in [6.07, 6.45) is 0. The standard InChI is InChI=1S/C18H16FNO4/c1-22-16-8-7-13(9-14(16)19)17-20-15(11-23-17)18(21)24-10-12-5-3-2-4-6-12/h2-9,15H,10-11H2,1H3/t15-/m0/s1. The summed E-state index contributed by atoms with van der Waals surface area (Å²) in [6.45, 7) is 0.259. The maximum atomic E-state index is 13.7. The van der Waals surface area contributed by atoms with Crippen molar-refractivity contribution in [3.05, 3.63) is 65.5 Å². The van der Waals surface area contributed by atoms with E-state index in [1.165, 1.54) is 19.2 Å². The van der Waals surface area contributed by atoms with Crippen LogP contribution in [-0.4, -0.2) is 31.6 Å². The van der Waals surface area contributed by atoms with Crippen LogP contribution in [0, 0.1) is 5.82 Å². The highest BCUT2D eigenvalue weighted by molar-refractivity contribution is 5.97. The van der Waals surface area contributed by atoms with Crippen LogP contribution in [-0.2, 0) is 20.9 Å². The van der Waals surface area contributed by atoms with E-state index in [1.807, 2.05) is 30.3 Å². The fraction of sp³-hybridized carbons (Fsp3) is 0.222. The lowest BCUT2D eigenvalue weighted by Crippen LogP contribution is -2.22. The van der Waals surface area contributed by atoms with Gasteiger partial charge in [0.2, 0.25) is 5.90 Å². The largest absolute Gasteiger partial charge is 0.494 e. The van der Waals surface area contributed by atoms with Crippen LogP contribution < -0.4 is 4.74 Å². The zero-order valence-electron chi connectivity index (χ0n) is 13.1. The van der Waals surface area contributed by atoms with Gasteiger partial charge in [0.05, 0.1) is 7.11 Å². The minimum atomic E-state index is -0.742. The van der Waals surface area contributed by atoms with Crippen molar-refractivity contribution in [2.45, 2.75) is 12.6 Å². The molecule has 3 rings (SSSR count). The maximum absolute atomic E-state index is 13.7. The lowest BCUT2D eigenvalue weighted by Gasteiger charge is -2.06. The molecule has 0 saturated heterocycles. The van der Waals surface area contributed by atoms with E-state index in [-0.39, 0.29) is 24.9 Å².